The van der Waals surface area contributed by atoms with Gasteiger partial charge in [-0.2, -0.15) is 0 Å². The summed E-state index contributed by atoms with van der Waals surface area (Å²) in [5.41, 5.74) is 3.36. The Morgan fingerprint density at radius 1 is 1.35 bits per heavy atom. The van der Waals surface area contributed by atoms with Gasteiger partial charge in [-0.15, -0.1) is 17.9 Å². The van der Waals surface area contributed by atoms with E-state index < -0.39 is 16.4 Å². The number of thiophene rings is 1. The summed E-state index contributed by atoms with van der Waals surface area (Å²) in [4.78, 5) is 0. The van der Waals surface area contributed by atoms with E-state index >= 15 is 0 Å². The Labute approximate surface area is 191 Å². The molecule has 166 valence electrons. The van der Waals surface area contributed by atoms with Gasteiger partial charge in [0.1, 0.15) is 4.21 Å². The number of hydrogen-bond donors (Lipinski definition) is 3. The SMILES string of the molecule is C=CCOC(O)Nc1ccc2c(c1)C1(C2)CC2CCC1C2NS(=O)(=O)c1ccc(Cl)s1. The van der Waals surface area contributed by atoms with Crippen molar-refractivity contribution in [3.05, 3.63) is 58.5 Å². The molecule has 2 saturated carbocycles. The van der Waals surface area contributed by atoms with Gasteiger partial charge in [0.05, 0.1) is 10.9 Å². The second-order valence-electron chi connectivity index (χ2n) is 8.68. The van der Waals surface area contributed by atoms with Gasteiger partial charge < -0.3 is 15.2 Å². The molecule has 1 aromatic carbocycles. The van der Waals surface area contributed by atoms with E-state index in [1.807, 2.05) is 6.07 Å². The highest BCUT2D eigenvalue weighted by Gasteiger charge is 2.62. The van der Waals surface area contributed by atoms with Crippen molar-refractivity contribution in [1.29, 1.82) is 0 Å². The first-order valence-electron chi connectivity index (χ1n) is 10.4. The Morgan fingerprint density at radius 2 is 2.19 bits per heavy atom. The third kappa shape index (κ3) is 3.63. The van der Waals surface area contributed by atoms with Crippen molar-refractivity contribution < 1.29 is 18.3 Å². The van der Waals surface area contributed by atoms with Gasteiger partial charge in [-0.05, 0) is 72.9 Å². The van der Waals surface area contributed by atoms with Crippen LogP contribution in [0.2, 0.25) is 4.34 Å². The third-order valence-electron chi connectivity index (χ3n) is 7.04. The zero-order chi connectivity index (χ0) is 21.8. The van der Waals surface area contributed by atoms with Crippen LogP contribution in [0.5, 0.6) is 0 Å². The number of hydrogen-bond acceptors (Lipinski definition) is 6. The van der Waals surface area contributed by atoms with Gasteiger partial charge in [0.15, 0.2) is 0 Å². The molecule has 5 unspecified atom stereocenters. The number of fused-ring (bicyclic) bond motifs is 5. The molecule has 0 aliphatic heterocycles. The van der Waals surface area contributed by atoms with E-state index in [-0.39, 0.29) is 28.2 Å². The molecular weight excluding hydrogens is 456 g/mol. The van der Waals surface area contributed by atoms with Crippen molar-refractivity contribution in [1.82, 2.24) is 4.72 Å². The topological polar surface area (TPSA) is 87.7 Å². The molecule has 2 aromatic rings. The average Bonchev–Trinajstić information content (AvgIpc) is 3.41. The van der Waals surface area contributed by atoms with Gasteiger partial charge in [0.25, 0.3) is 0 Å². The first-order chi connectivity index (χ1) is 14.8. The van der Waals surface area contributed by atoms with Crippen LogP contribution in [-0.2, 0) is 26.6 Å². The number of ether oxygens (including phenoxy) is 1. The van der Waals surface area contributed by atoms with Crippen LogP contribution in [-0.4, -0.2) is 32.6 Å². The first-order valence-corrected chi connectivity index (χ1v) is 13.1. The van der Waals surface area contributed by atoms with Crippen molar-refractivity contribution in [2.45, 2.75) is 47.8 Å². The van der Waals surface area contributed by atoms with Crippen LogP contribution in [0.4, 0.5) is 5.69 Å². The first kappa shape index (κ1) is 21.4. The molecule has 3 aliphatic carbocycles. The van der Waals surface area contributed by atoms with Gasteiger partial charge in [0.2, 0.25) is 16.4 Å². The number of sulfonamides is 1. The van der Waals surface area contributed by atoms with E-state index in [0.29, 0.717) is 10.3 Å². The highest BCUT2D eigenvalue weighted by atomic mass is 35.5. The maximum atomic E-state index is 12.9. The fourth-order valence-corrected chi connectivity index (χ4v) is 8.72. The lowest BCUT2D eigenvalue weighted by Crippen LogP contribution is -2.47. The molecular formula is C22H25ClN2O4S2. The highest BCUT2D eigenvalue weighted by molar-refractivity contribution is 7.91. The van der Waals surface area contributed by atoms with E-state index in [0.717, 1.165) is 42.7 Å². The van der Waals surface area contributed by atoms with Crippen LogP contribution in [0, 0.1) is 11.8 Å². The highest BCUT2D eigenvalue weighted by Crippen LogP contribution is 2.63. The third-order valence-corrected chi connectivity index (χ3v) is 10.2. The van der Waals surface area contributed by atoms with Gasteiger partial charge in [-0.25, -0.2) is 13.1 Å². The van der Waals surface area contributed by atoms with Crippen molar-refractivity contribution in [2.75, 3.05) is 11.9 Å². The minimum atomic E-state index is -3.58. The summed E-state index contributed by atoms with van der Waals surface area (Å²) < 4.78 is 34.8. The number of aliphatic hydroxyl groups is 1. The van der Waals surface area contributed by atoms with Crippen molar-refractivity contribution in [2.24, 2.45) is 11.8 Å². The van der Waals surface area contributed by atoms with Gasteiger partial charge in [-0.1, -0.05) is 23.7 Å². The Hall–Kier alpha value is -1.42. The largest absolute Gasteiger partial charge is 0.351 e. The molecule has 3 aliphatic rings. The minimum absolute atomic E-state index is 0.00312. The van der Waals surface area contributed by atoms with Crippen LogP contribution in [0.1, 0.15) is 30.4 Å². The van der Waals surface area contributed by atoms with Crippen LogP contribution in [0.3, 0.4) is 0 Å². The Balaban J connectivity index is 1.36. The normalized spacial score (nSPS) is 29.5. The summed E-state index contributed by atoms with van der Waals surface area (Å²) in [6.07, 6.45) is 4.50. The Kier molecular flexibility index (Phi) is 5.44. The molecule has 1 spiro atoms. The van der Waals surface area contributed by atoms with Gasteiger partial charge in [-0.3, -0.25) is 0 Å². The Morgan fingerprint density at radius 3 is 2.94 bits per heavy atom. The standard InChI is InChI=1S/C22H25ClN2O4S2/c1-2-9-29-21(26)24-15-5-3-13-11-22(17(13)10-15)12-14-4-6-16(22)20(14)25-31(27,28)19-8-7-18(23)30-19/h2-3,5,7-8,10,14,16,20-21,24-26H,1,4,6,9,11-12H2. The monoisotopic (exact) mass is 480 g/mol. The molecule has 5 atom stereocenters. The summed E-state index contributed by atoms with van der Waals surface area (Å²) in [5, 5.41) is 13.0. The maximum Gasteiger partial charge on any atom is 0.250 e. The van der Waals surface area contributed by atoms with E-state index in [4.69, 9.17) is 16.3 Å². The number of benzene rings is 1. The van der Waals surface area contributed by atoms with Crippen molar-refractivity contribution in [3.63, 3.8) is 0 Å². The fourth-order valence-electron chi connectivity index (χ4n) is 5.88. The smallest absolute Gasteiger partial charge is 0.250 e. The number of halogens is 1. The van der Waals surface area contributed by atoms with Gasteiger partial charge >= 0.3 is 0 Å². The quantitative estimate of drug-likeness (QED) is 0.394. The molecule has 5 rings (SSSR count). The predicted molar refractivity (Wildman–Crippen MR) is 122 cm³/mol. The lowest BCUT2D eigenvalue weighted by molar-refractivity contribution is -0.0668. The average molecular weight is 481 g/mol. The summed E-state index contributed by atoms with van der Waals surface area (Å²) in [6.45, 7) is 3.83. The lowest BCUT2D eigenvalue weighted by Gasteiger charge is -2.48. The van der Waals surface area contributed by atoms with Crippen LogP contribution >= 0.6 is 22.9 Å². The number of aliphatic hydroxyl groups excluding tert-OH is 1. The number of rotatable bonds is 8. The zero-order valence-electron chi connectivity index (χ0n) is 16.9. The Bertz CT molecular complexity index is 1120. The van der Waals surface area contributed by atoms with Crippen molar-refractivity contribution >= 4 is 38.6 Å². The number of anilines is 1. The van der Waals surface area contributed by atoms with Crippen LogP contribution in [0.25, 0.3) is 0 Å². The molecule has 2 bridgehead atoms. The molecule has 6 nitrogen and oxygen atoms in total. The van der Waals surface area contributed by atoms with E-state index in [9.17, 15) is 13.5 Å². The van der Waals surface area contributed by atoms with E-state index in [1.165, 1.54) is 11.1 Å². The van der Waals surface area contributed by atoms with E-state index in [1.54, 1.807) is 18.2 Å². The molecule has 2 fully saturated rings. The molecule has 0 amide bonds. The maximum absolute atomic E-state index is 12.9. The zero-order valence-corrected chi connectivity index (χ0v) is 19.3. The second kappa shape index (κ2) is 7.86. The van der Waals surface area contributed by atoms with Crippen LogP contribution in [0.15, 0.2) is 47.2 Å². The second-order valence-corrected chi connectivity index (χ2v) is 12.3. The molecule has 9 heteroatoms. The predicted octanol–water partition coefficient (Wildman–Crippen LogP) is 3.86. The summed E-state index contributed by atoms with van der Waals surface area (Å²) in [6, 6.07) is 9.25. The lowest BCUT2D eigenvalue weighted by atomic mass is 9.56. The van der Waals surface area contributed by atoms with E-state index in [2.05, 4.69) is 28.8 Å². The molecule has 0 radical (unpaired) electrons. The minimum Gasteiger partial charge on any atom is -0.351 e. The summed E-state index contributed by atoms with van der Waals surface area (Å²) in [5.74, 6) is 0.605. The van der Waals surface area contributed by atoms with Crippen LogP contribution < -0.4 is 10.0 Å². The van der Waals surface area contributed by atoms with Gasteiger partial charge in [0, 0.05) is 17.1 Å². The fraction of sp³-hybridized carbons (Fsp3) is 0.455. The molecule has 3 N–H and O–H groups in total. The molecule has 1 heterocycles. The molecule has 31 heavy (non-hydrogen) atoms. The summed E-state index contributed by atoms with van der Waals surface area (Å²) >= 11 is 7.04. The molecule has 1 aromatic heterocycles. The van der Waals surface area contributed by atoms with Crippen molar-refractivity contribution in [3.8, 4) is 0 Å². The molecule has 0 saturated heterocycles. The summed E-state index contributed by atoms with van der Waals surface area (Å²) in [7, 11) is -3.58. The number of nitrogens with one attached hydrogen (secondary N) is 2.